The molecule has 0 aromatic carbocycles. The van der Waals surface area contributed by atoms with Gasteiger partial charge in [-0.05, 0) is 28.1 Å². The van der Waals surface area contributed by atoms with Crippen molar-refractivity contribution < 1.29 is 0 Å². The fourth-order valence-corrected chi connectivity index (χ4v) is 1.81. The van der Waals surface area contributed by atoms with Crippen LogP contribution in [0.25, 0.3) is 0 Å². The predicted molar refractivity (Wildman–Crippen MR) is 67.8 cm³/mol. The third kappa shape index (κ3) is 2.54. The minimum atomic E-state index is 0.556. The summed E-state index contributed by atoms with van der Waals surface area (Å²) in [7, 11) is 1.82. The third-order valence-corrected chi connectivity index (χ3v) is 2.84. The average Bonchev–Trinajstić information content (AvgIpc) is 2.67. The molecule has 2 heterocycles. The normalized spacial score (nSPS) is 10.4. The molecule has 84 valence electrons. The van der Waals surface area contributed by atoms with E-state index in [-0.39, 0.29) is 0 Å². The van der Waals surface area contributed by atoms with E-state index in [4.69, 9.17) is 11.6 Å². The summed E-state index contributed by atoms with van der Waals surface area (Å²) in [6.07, 6.45) is 3.61. The topological polar surface area (TPSA) is 42.7 Å². The minimum Gasteiger partial charge on any atom is -0.373 e. The molecule has 0 amide bonds. The lowest BCUT2D eigenvalue weighted by molar-refractivity contribution is 0.673. The van der Waals surface area contributed by atoms with Crippen molar-refractivity contribution >= 4 is 33.3 Å². The molecule has 16 heavy (non-hydrogen) atoms. The first-order valence-electron chi connectivity index (χ1n) is 4.70. The van der Waals surface area contributed by atoms with E-state index in [9.17, 15) is 0 Å². The summed E-state index contributed by atoms with van der Waals surface area (Å²) in [6.45, 7) is 0.556. The molecule has 0 atom stereocenters. The second-order valence-electron chi connectivity index (χ2n) is 3.23. The standard InChI is InChI=1S/C10H10BrClN4/c1-13-10-3-2-8(12)9(15-10)6-16-5-7(11)4-14-16/h2-5H,6H2,1H3,(H,13,15). The fraction of sp³-hybridized carbons (Fsp3) is 0.200. The number of hydrogen-bond donors (Lipinski definition) is 1. The van der Waals surface area contributed by atoms with E-state index in [1.165, 1.54) is 0 Å². The Morgan fingerprint density at radius 2 is 2.31 bits per heavy atom. The van der Waals surface area contributed by atoms with Crippen LogP contribution in [-0.4, -0.2) is 21.8 Å². The van der Waals surface area contributed by atoms with Gasteiger partial charge in [-0.2, -0.15) is 5.10 Å². The smallest absolute Gasteiger partial charge is 0.126 e. The summed E-state index contributed by atoms with van der Waals surface area (Å²) in [5.41, 5.74) is 0.795. The zero-order valence-corrected chi connectivity index (χ0v) is 11.0. The van der Waals surface area contributed by atoms with Gasteiger partial charge in [0.25, 0.3) is 0 Å². The first kappa shape index (κ1) is 11.4. The van der Waals surface area contributed by atoms with Crippen molar-refractivity contribution in [3.8, 4) is 0 Å². The summed E-state index contributed by atoms with van der Waals surface area (Å²) in [6, 6.07) is 3.67. The lowest BCUT2D eigenvalue weighted by atomic mass is 10.3. The molecule has 0 radical (unpaired) electrons. The number of anilines is 1. The van der Waals surface area contributed by atoms with Gasteiger partial charge in [0.15, 0.2) is 0 Å². The Labute approximate surface area is 107 Å². The summed E-state index contributed by atoms with van der Waals surface area (Å²) in [5, 5.41) is 7.78. The summed E-state index contributed by atoms with van der Waals surface area (Å²) in [5.74, 6) is 0.797. The van der Waals surface area contributed by atoms with Crippen LogP contribution in [0, 0.1) is 0 Å². The van der Waals surface area contributed by atoms with Crippen LogP contribution >= 0.6 is 27.5 Å². The molecule has 2 aromatic heterocycles. The van der Waals surface area contributed by atoms with E-state index in [0.717, 1.165) is 16.0 Å². The van der Waals surface area contributed by atoms with Crippen LogP contribution in [0.2, 0.25) is 5.02 Å². The maximum Gasteiger partial charge on any atom is 0.126 e. The van der Waals surface area contributed by atoms with Crippen molar-refractivity contribution in [3.63, 3.8) is 0 Å². The van der Waals surface area contributed by atoms with E-state index in [1.54, 1.807) is 10.9 Å². The number of pyridine rings is 1. The number of nitrogens with zero attached hydrogens (tertiary/aromatic N) is 3. The minimum absolute atomic E-state index is 0.556. The molecule has 0 saturated carbocycles. The Kier molecular flexibility index (Phi) is 3.46. The molecule has 0 bridgehead atoms. The molecule has 6 heteroatoms. The van der Waals surface area contributed by atoms with E-state index < -0.39 is 0 Å². The van der Waals surface area contributed by atoms with Gasteiger partial charge in [0.1, 0.15) is 5.82 Å². The Bertz CT molecular complexity index is 497. The molecule has 0 aliphatic rings. The van der Waals surface area contributed by atoms with Gasteiger partial charge in [-0.25, -0.2) is 4.98 Å². The monoisotopic (exact) mass is 300 g/mol. The molecule has 2 aromatic rings. The van der Waals surface area contributed by atoms with Gasteiger partial charge < -0.3 is 5.32 Å². The lowest BCUT2D eigenvalue weighted by Crippen LogP contribution is -2.04. The van der Waals surface area contributed by atoms with Gasteiger partial charge in [-0.3, -0.25) is 4.68 Å². The molecule has 0 saturated heterocycles. The SMILES string of the molecule is CNc1ccc(Cl)c(Cn2cc(Br)cn2)n1. The van der Waals surface area contributed by atoms with Gasteiger partial charge in [0.05, 0.1) is 27.9 Å². The first-order chi connectivity index (χ1) is 7.69. The Morgan fingerprint density at radius 1 is 1.50 bits per heavy atom. The number of nitrogens with one attached hydrogen (secondary N) is 1. The molecule has 0 aliphatic carbocycles. The Balaban J connectivity index is 2.26. The highest BCUT2D eigenvalue weighted by atomic mass is 79.9. The molecule has 0 spiro atoms. The van der Waals surface area contributed by atoms with E-state index >= 15 is 0 Å². The highest BCUT2D eigenvalue weighted by molar-refractivity contribution is 9.10. The summed E-state index contributed by atoms with van der Waals surface area (Å²) >= 11 is 9.41. The Hall–Kier alpha value is -1.07. The van der Waals surface area contributed by atoms with E-state index in [0.29, 0.717) is 11.6 Å². The van der Waals surface area contributed by atoms with Gasteiger partial charge in [0.2, 0.25) is 0 Å². The highest BCUT2D eigenvalue weighted by Crippen LogP contribution is 2.18. The number of aromatic nitrogens is 3. The van der Waals surface area contributed by atoms with Crippen molar-refractivity contribution in [1.82, 2.24) is 14.8 Å². The molecular formula is C10H10BrClN4. The van der Waals surface area contributed by atoms with E-state index in [1.807, 2.05) is 25.4 Å². The zero-order valence-electron chi connectivity index (χ0n) is 8.61. The maximum atomic E-state index is 6.07. The number of rotatable bonds is 3. The zero-order chi connectivity index (χ0) is 11.5. The quantitative estimate of drug-likeness (QED) is 0.948. The first-order valence-corrected chi connectivity index (χ1v) is 5.87. The maximum absolute atomic E-state index is 6.07. The van der Waals surface area contributed by atoms with Gasteiger partial charge in [-0.15, -0.1) is 0 Å². The van der Waals surface area contributed by atoms with Crippen LogP contribution in [0.1, 0.15) is 5.69 Å². The van der Waals surface area contributed by atoms with Crippen LogP contribution in [-0.2, 0) is 6.54 Å². The third-order valence-electron chi connectivity index (χ3n) is 2.09. The molecule has 0 fully saturated rings. The van der Waals surface area contributed by atoms with Crippen LogP contribution in [0.4, 0.5) is 5.82 Å². The summed E-state index contributed by atoms with van der Waals surface area (Å²) in [4.78, 5) is 4.38. The second-order valence-corrected chi connectivity index (χ2v) is 4.55. The fourth-order valence-electron chi connectivity index (χ4n) is 1.31. The largest absolute Gasteiger partial charge is 0.373 e. The molecule has 2 rings (SSSR count). The number of hydrogen-bond acceptors (Lipinski definition) is 3. The van der Waals surface area contributed by atoms with Crippen LogP contribution in [0.3, 0.4) is 0 Å². The summed E-state index contributed by atoms with van der Waals surface area (Å²) < 4.78 is 2.71. The van der Waals surface area contributed by atoms with Gasteiger partial charge in [0, 0.05) is 13.2 Å². The molecule has 4 nitrogen and oxygen atoms in total. The van der Waals surface area contributed by atoms with Crippen LogP contribution in [0.15, 0.2) is 29.0 Å². The Morgan fingerprint density at radius 3 is 2.94 bits per heavy atom. The molecular weight excluding hydrogens is 291 g/mol. The van der Waals surface area contributed by atoms with Crippen molar-refractivity contribution in [2.24, 2.45) is 0 Å². The highest BCUT2D eigenvalue weighted by Gasteiger charge is 2.05. The second kappa shape index (κ2) is 4.84. The van der Waals surface area contributed by atoms with Gasteiger partial charge in [-0.1, -0.05) is 11.6 Å². The lowest BCUT2D eigenvalue weighted by Gasteiger charge is -2.06. The van der Waals surface area contributed by atoms with Crippen molar-refractivity contribution in [2.45, 2.75) is 6.54 Å². The molecule has 0 aliphatic heterocycles. The predicted octanol–water partition coefficient (Wildman–Crippen LogP) is 2.78. The van der Waals surface area contributed by atoms with Crippen LogP contribution in [0.5, 0.6) is 0 Å². The molecule has 1 N–H and O–H groups in total. The van der Waals surface area contributed by atoms with Crippen molar-refractivity contribution in [1.29, 1.82) is 0 Å². The van der Waals surface area contributed by atoms with Crippen molar-refractivity contribution in [3.05, 3.63) is 39.7 Å². The van der Waals surface area contributed by atoms with Crippen molar-refractivity contribution in [2.75, 3.05) is 12.4 Å². The van der Waals surface area contributed by atoms with Crippen LogP contribution < -0.4 is 5.32 Å². The van der Waals surface area contributed by atoms with Gasteiger partial charge >= 0.3 is 0 Å². The van der Waals surface area contributed by atoms with E-state index in [2.05, 4.69) is 31.3 Å². The number of halogens is 2. The average molecular weight is 302 g/mol. The molecule has 0 unspecified atom stereocenters.